The second-order valence-electron chi connectivity index (χ2n) is 6.51. The Morgan fingerprint density at radius 1 is 1.06 bits per heavy atom. The van der Waals surface area contributed by atoms with Gasteiger partial charge in [0.05, 0.1) is 23.2 Å². The number of anilines is 1. The van der Waals surface area contributed by atoms with Gasteiger partial charge in [-0.1, -0.05) is 29.3 Å². The third-order valence-electron chi connectivity index (χ3n) is 4.52. The van der Waals surface area contributed by atoms with Gasteiger partial charge >= 0.3 is 6.18 Å². The number of hydrogen-bond donors (Lipinski definition) is 1. The molecule has 4 aromatic rings. The summed E-state index contributed by atoms with van der Waals surface area (Å²) in [7, 11) is 0. The summed E-state index contributed by atoms with van der Waals surface area (Å²) in [4.78, 5) is 24.0. The van der Waals surface area contributed by atoms with Crippen molar-refractivity contribution in [1.82, 2.24) is 19.5 Å². The molecule has 0 spiro atoms. The van der Waals surface area contributed by atoms with Gasteiger partial charge in [-0.2, -0.15) is 13.2 Å². The number of amides is 1. The molecular weight excluding hydrogens is 454 g/mol. The molecule has 4 rings (SSSR count). The predicted octanol–water partition coefficient (Wildman–Crippen LogP) is 5.45. The van der Waals surface area contributed by atoms with Crippen molar-refractivity contribution in [2.75, 3.05) is 5.32 Å². The molecule has 0 aliphatic carbocycles. The van der Waals surface area contributed by atoms with E-state index in [2.05, 4.69) is 20.3 Å². The minimum atomic E-state index is -4.57. The van der Waals surface area contributed by atoms with Crippen LogP contribution < -0.4 is 5.32 Å². The Kier molecular flexibility index (Phi) is 5.55. The van der Waals surface area contributed by atoms with E-state index in [1.165, 1.54) is 6.20 Å². The Hall–Kier alpha value is -3.17. The van der Waals surface area contributed by atoms with E-state index in [0.29, 0.717) is 45.5 Å². The number of carbonyl (C=O) groups excluding carboxylic acids is 1. The number of rotatable bonds is 4. The molecular formula is C20H12Cl2F3N5O. The molecule has 0 unspecified atom stereocenters. The predicted molar refractivity (Wildman–Crippen MR) is 110 cm³/mol. The van der Waals surface area contributed by atoms with Crippen molar-refractivity contribution >= 4 is 46.0 Å². The van der Waals surface area contributed by atoms with E-state index in [1.807, 2.05) is 0 Å². The maximum absolute atomic E-state index is 12.8. The number of nitrogens with zero attached hydrogens (tertiary/aromatic N) is 4. The van der Waals surface area contributed by atoms with Crippen molar-refractivity contribution in [3.05, 3.63) is 82.0 Å². The number of fused-ring (bicyclic) bond motifs is 1. The molecule has 0 radical (unpaired) electrons. The second kappa shape index (κ2) is 8.16. The van der Waals surface area contributed by atoms with E-state index in [-0.39, 0.29) is 11.5 Å². The van der Waals surface area contributed by atoms with Crippen LogP contribution in [0.1, 0.15) is 21.5 Å². The van der Waals surface area contributed by atoms with Crippen LogP contribution in [0, 0.1) is 0 Å². The van der Waals surface area contributed by atoms with Gasteiger partial charge in [-0.15, -0.1) is 0 Å². The van der Waals surface area contributed by atoms with E-state index < -0.39 is 17.6 Å². The Morgan fingerprint density at radius 2 is 1.74 bits per heavy atom. The third-order valence-corrected chi connectivity index (χ3v) is 5.23. The normalized spacial score (nSPS) is 11.6. The first-order valence-corrected chi connectivity index (χ1v) is 9.56. The Bertz CT molecular complexity index is 1250. The first-order valence-electron chi connectivity index (χ1n) is 8.80. The summed E-state index contributed by atoms with van der Waals surface area (Å²) in [6, 6.07) is 6.89. The minimum absolute atomic E-state index is 0.245. The number of pyridine rings is 1. The fraction of sp³-hybridized carbons (Fsp3) is 0.100. The largest absolute Gasteiger partial charge is 0.419 e. The van der Waals surface area contributed by atoms with Gasteiger partial charge < -0.3 is 4.57 Å². The van der Waals surface area contributed by atoms with Crippen LogP contribution in [0.2, 0.25) is 10.0 Å². The summed E-state index contributed by atoms with van der Waals surface area (Å²) >= 11 is 12.5. The maximum Gasteiger partial charge on any atom is 0.419 e. The molecule has 0 aliphatic heterocycles. The van der Waals surface area contributed by atoms with E-state index in [4.69, 9.17) is 23.2 Å². The lowest BCUT2D eigenvalue weighted by molar-refractivity contribution is -0.138. The molecule has 0 bridgehead atoms. The van der Waals surface area contributed by atoms with Gasteiger partial charge in [0.1, 0.15) is 0 Å². The van der Waals surface area contributed by atoms with Gasteiger partial charge in [0.2, 0.25) is 5.95 Å². The van der Waals surface area contributed by atoms with Crippen LogP contribution >= 0.6 is 23.2 Å². The van der Waals surface area contributed by atoms with E-state index >= 15 is 0 Å². The number of aromatic nitrogens is 4. The Labute approximate surface area is 183 Å². The number of halogens is 5. The highest BCUT2D eigenvalue weighted by atomic mass is 35.5. The maximum atomic E-state index is 12.8. The Morgan fingerprint density at radius 3 is 2.39 bits per heavy atom. The van der Waals surface area contributed by atoms with Crippen molar-refractivity contribution in [1.29, 1.82) is 0 Å². The highest BCUT2D eigenvalue weighted by Crippen LogP contribution is 2.29. The molecule has 11 heteroatoms. The van der Waals surface area contributed by atoms with Gasteiger partial charge in [-0.05, 0) is 18.2 Å². The van der Waals surface area contributed by atoms with Crippen LogP contribution in [0.15, 0.2) is 55.2 Å². The lowest BCUT2D eigenvalue weighted by Crippen LogP contribution is -2.15. The third kappa shape index (κ3) is 4.33. The highest BCUT2D eigenvalue weighted by molar-refractivity contribution is 6.36. The number of carbonyl (C=O) groups is 1. The van der Waals surface area contributed by atoms with Gasteiger partial charge in [-0.25, -0.2) is 9.97 Å². The van der Waals surface area contributed by atoms with Crippen molar-refractivity contribution in [2.24, 2.45) is 0 Å². The van der Waals surface area contributed by atoms with E-state index in [0.717, 1.165) is 0 Å². The standard InChI is InChI=1S/C20H12Cl2F3N5O/c21-15-2-1-3-16(22)14(15)10-30-9-13(12-8-26-5-4-17(12)30)18(31)29-19-27-6-11(7-28-19)20(23,24)25/h1-9H,10H2,(H,27,28,29,31). The van der Waals surface area contributed by atoms with Crippen LogP contribution in [0.5, 0.6) is 0 Å². The second-order valence-corrected chi connectivity index (χ2v) is 7.33. The Balaban J connectivity index is 1.66. The van der Waals surface area contributed by atoms with Crippen LogP contribution in [-0.4, -0.2) is 25.4 Å². The number of benzene rings is 1. The molecule has 3 aromatic heterocycles. The average molecular weight is 466 g/mol. The molecule has 1 N–H and O–H groups in total. The zero-order chi connectivity index (χ0) is 22.2. The fourth-order valence-electron chi connectivity index (χ4n) is 3.01. The molecule has 0 fully saturated rings. The van der Waals surface area contributed by atoms with Gasteiger partial charge in [-0.3, -0.25) is 15.1 Å². The summed E-state index contributed by atoms with van der Waals surface area (Å²) in [5.41, 5.74) is 0.611. The molecule has 0 saturated heterocycles. The lowest BCUT2D eigenvalue weighted by Gasteiger charge is -2.09. The van der Waals surface area contributed by atoms with Gasteiger partial charge in [0, 0.05) is 52.0 Å². The molecule has 158 valence electrons. The molecule has 31 heavy (non-hydrogen) atoms. The molecule has 0 aliphatic rings. The summed E-state index contributed by atoms with van der Waals surface area (Å²) in [6.07, 6.45) is 1.32. The fourth-order valence-corrected chi connectivity index (χ4v) is 3.53. The van der Waals surface area contributed by atoms with Crippen LogP contribution in [0.4, 0.5) is 19.1 Å². The first-order chi connectivity index (χ1) is 14.7. The monoisotopic (exact) mass is 465 g/mol. The lowest BCUT2D eigenvalue weighted by atomic mass is 10.2. The topological polar surface area (TPSA) is 72.7 Å². The SMILES string of the molecule is O=C(Nc1ncc(C(F)(F)F)cn1)c1cn(Cc2c(Cl)cccc2Cl)c2ccncc12. The average Bonchev–Trinajstić information content (AvgIpc) is 3.09. The molecule has 3 heterocycles. The van der Waals surface area contributed by atoms with Crippen molar-refractivity contribution in [3.63, 3.8) is 0 Å². The first kappa shape index (κ1) is 21.1. The summed E-state index contributed by atoms with van der Waals surface area (Å²) in [5.74, 6) is -0.848. The number of alkyl halides is 3. The summed E-state index contributed by atoms with van der Waals surface area (Å²) in [5, 5.41) is 3.90. The van der Waals surface area contributed by atoms with Crippen LogP contribution in [-0.2, 0) is 12.7 Å². The number of hydrogen-bond acceptors (Lipinski definition) is 4. The molecule has 1 aromatic carbocycles. The van der Waals surface area contributed by atoms with E-state index in [1.54, 1.807) is 41.2 Å². The minimum Gasteiger partial charge on any atom is -0.342 e. The van der Waals surface area contributed by atoms with Crippen molar-refractivity contribution < 1.29 is 18.0 Å². The van der Waals surface area contributed by atoms with Crippen LogP contribution in [0.25, 0.3) is 10.9 Å². The molecule has 0 atom stereocenters. The van der Waals surface area contributed by atoms with Crippen LogP contribution in [0.3, 0.4) is 0 Å². The smallest absolute Gasteiger partial charge is 0.342 e. The zero-order valence-electron chi connectivity index (χ0n) is 15.5. The molecule has 0 saturated carbocycles. The summed E-state index contributed by atoms with van der Waals surface area (Å²) in [6.45, 7) is 0.295. The zero-order valence-corrected chi connectivity index (χ0v) is 17.0. The van der Waals surface area contributed by atoms with Gasteiger partial charge in [0.15, 0.2) is 0 Å². The molecule has 1 amide bonds. The molecule has 6 nitrogen and oxygen atoms in total. The van der Waals surface area contributed by atoms with Gasteiger partial charge in [0.25, 0.3) is 5.91 Å². The highest BCUT2D eigenvalue weighted by Gasteiger charge is 2.31. The van der Waals surface area contributed by atoms with Crippen molar-refractivity contribution in [3.8, 4) is 0 Å². The number of nitrogens with one attached hydrogen (secondary N) is 1. The van der Waals surface area contributed by atoms with E-state index in [9.17, 15) is 18.0 Å². The van der Waals surface area contributed by atoms with Crippen molar-refractivity contribution in [2.45, 2.75) is 12.7 Å². The summed E-state index contributed by atoms with van der Waals surface area (Å²) < 4.78 is 39.8. The quantitative estimate of drug-likeness (QED) is 0.434.